The summed E-state index contributed by atoms with van der Waals surface area (Å²) in [6, 6.07) is 0.766. The first-order valence-corrected chi connectivity index (χ1v) is 6.66. The van der Waals surface area contributed by atoms with Crippen molar-refractivity contribution in [3.63, 3.8) is 0 Å². The lowest BCUT2D eigenvalue weighted by atomic mass is 10.1. The number of rotatable bonds is 7. The summed E-state index contributed by atoms with van der Waals surface area (Å²) in [5.41, 5.74) is 0. The molecule has 0 radical (unpaired) electrons. The highest BCUT2D eigenvalue weighted by atomic mass is 16.3. The number of likely N-dealkylation sites (tertiary alicyclic amines) is 1. The highest BCUT2D eigenvalue weighted by molar-refractivity contribution is 4.78. The number of nitrogens with zero attached hydrogens (tertiary/aromatic N) is 2. The molecular formula is C13H28N2O. The summed E-state index contributed by atoms with van der Waals surface area (Å²) in [7, 11) is 4.45. The molecule has 3 heteroatoms. The van der Waals surface area contributed by atoms with E-state index in [-0.39, 0.29) is 6.10 Å². The first kappa shape index (κ1) is 13.9. The molecule has 16 heavy (non-hydrogen) atoms. The van der Waals surface area contributed by atoms with Gasteiger partial charge in [0.2, 0.25) is 0 Å². The van der Waals surface area contributed by atoms with Crippen molar-refractivity contribution < 1.29 is 5.11 Å². The van der Waals surface area contributed by atoms with Crippen LogP contribution in [0, 0.1) is 0 Å². The van der Waals surface area contributed by atoms with Gasteiger partial charge in [0, 0.05) is 12.6 Å². The Morgan fingerprint density at radius 1 is 1.44 bits per heavy atom. The number of unbranched alkanes of at least 4 members (excludes halogenated alkanes) is 1. The second-order valence-corrected chi connectivity index (χ2v) is 5.38. The number of hydrogen-bond acceptors (Lipinski definition) is 3. The Morgan fingerprint density at radius 2 is 2.19 bits per heavy atom. The third kappa shape index (κ3) is 5.28. The van der Waals surface area contributed by atoms with Crippen molar-refractivity contribution >= 4 is 0 Å². The Kier molecular flexibility index (Phi) is 6.32. The summed E-state index contributed by atoms with van der Waals surface area (Å²) in [5, 5.41) is 9.16. The third-order valence-corrected chi connectivity index (χ3v) is 3.61. The van der Waals surface area contributed by atoms with Gasteiger partial charge in [0.25, 0.3) is 0 Å². The molecule has 0 saturated carbocycles. The van der Waals surface area contributed by atoms with Crippen LogP contribution in [0.4, 0.5) is 0 Å². The molecule has 0 amide bonds. The largest absolute Gasteiger partial charge is 0.393 e. The maximum absolute atomic E-state index is 9.16. The van der Waals surface area contributed by atoms with Crippen LogP contribution in [0.15, 0.2) is 0 Å². The summed E-state index contributed by atoms with van der Waals surface area (Å²) < 4.78 is 0. The first-order chi connectivity index (χ1) is 7.59. The molecule has 1 N–H and O–H groups in total. The molecule has 1 fully saturated rings. The fourth-order valence-corrected chi connectivity index (χ4v) is 2.48. The molecular weight excluding hydrogens is 200 g/mol. The molecule has 0 aromatic rings. The average molecular weight is 228 g/mol. The van der Waals surface area contributed by atoms with Gasteiger partial charge in [0.1, 0.15) is 0 Å². The monoisotopic (exact) mass is 228 g/mol. The van der Waals surface area contributed by atoms with Gasteiger partial charge in [-0.2, -0.15) is 0 Å². The van der Waals surface area contributed by atoms with Crippen LogP contribution in [0.1, 0.15) is 39.0 Å². The molecule has 2 atom stereocenters. The van der Waals surface area contributed by atoms with E-state index in [1.807, 2.05) is 6.92 Å². The summed E-state index contributed by atoms with van der Waals surface area (Å²) in [6.45, 7) is 5.50. The van der Waals surface area contributed by atoms with Crippen molar-refractivity contribution in [1.82, 2.24) is 9.80 Å². The Balaban J connectivity index is 2.04. The molecule has 0 aliphatic carbocycles. The van der Waals surface area contributed by atoms with Crippen LogP contribution >= 0.6 is 0 Å². The van der Waals surface area contributed by atoms with Gasteiger partial charge in [-0.15, -0.1) is 0 Å². The lowest BCUT2D eigenvalue weighted by molar-refractivity contribution is 0.175. The van der Waals surface area contributed by atoms with Gasteiger partial charge in [0.15, 0.2) is 0 Å². The van der Waals surface area contributed by atoms with Gasteiger partial charge >= 0.3 is 0 Å². The van der Waals surface area contributed by atoms with Crippen molar-refractivity contribution in [1.29, 1.82) is 0 Å². The fourth-order valence-electron chi connectivity index (χ4n) is 2.48. The second kappa shape index (κ2) is 7.25. The molecule has 0 spiro atoms. The minimum Gasteiger partial charge on any atom is -0.393 e. The normalized spacial score (nSPS) is 24.2. The first-order valence-electron chi connectivity index (χ1n) is 6.66. The van der Waals surface area contributed by atoms with E-state index in [0.29, 0.717) is 0 Å². The standard InChI is InChI=1S/C13H28N2O/c1-12(16)7-4-5-9-14(2)11-13-8-6-10-15(13)3/h12-13,16H,4-11H2,1-3H3. The van der Waals surface area contributed by atoms with Gasteiger partial charge in [-0.25, -0.2) is 0 Å². The molecule has 1 aliphatic heterocycles. The molecule has 0 aromatic heterocycles. The molecule has 3 nitrogen and oxygen atoms in total. The molecule has 1 saturated heterocycles. The number of aliphatic hydroxyl groups excluding tert-OH is 1. The lowest BCUT2D eigenvalue weighted by Gasteiger charge is -2.25. The van der Waals surface area contributed by atoms with Gasteiger partial charge in [-0.1, -0.05) is 0 Å². The maximum Gasteiger partial charge on any atom is 0.0512 e. The van der Waals surface area contributed by atoms with Crippen LogP contribution in [0.5, 0.6) is 0 Å². The zero-order valence-corrected chi connectivity index (χ0v) is 11.2. The van der Waals surface area contributed by atoms with E-state index >= 15 is 0 Å². The van der Waals surface area contributed by atoms with Gasteiger partial charge < -0.3 is 14.9 Å². The quantitative estimate of drug-likeness (QED) is 0.670. The number of likely N-dealkylation sites (N-methyl/N-ethyl adjacent to an activating group) is 2. The molecule has 0 aromatic carbocycles. The summed E-state index contributed by atoms with van der Waals surface area (Å²) >= 11 is 0. The predicted octanol–water partition coefficient (Wildman–Crippen LogP) is 1.56. The number of aliphatic hydroxyl groups is 1. The van der Waals surface area contributed by atoms with E-state index in [4.69, 9.17) is 5.11 Å². The van der Waals surface area contributed by atoms with E-state index in [1.165, 1.54) is 32.4 Å². The van der Waals surface area contributed by atoms with Crippen LogP contribution in [0.25, 0.3) is 0 Å². The van der Waals surface area contributed by atoms with Crippen molar-refractivity contribution in [2.45, 2.75) is 51.2 Å². The molecule has 1 heterocycles. The van der Waals surface area contributed by atoms with Crippen LogP contribution in [-0.4, -0.2) is 60.8 Å². The van der Waals surface area contributed by atoms with E-state index in [0.717, 1.165) is 25.4 Å². The number of hydrogen-bond donors (Lipinski definition) is 1. The average Bonchev–Trinajstić information content (AvgIpc) is 2.59. The summed E-state index contributed by atoms with van der Waals surface area (Å²) in [6.07, 6.45) is 5.87. The van der Waals surface area contributed by atoms with E-state index < -0.39 is 0 Å². The van der Waals surface area contributed by atoms with E-state index in [9.17, 15) is 0 Å². The van der Waals surface area contributed by atoms with Gasteiger partial charge in [-0.05, 0) is 66.2 Å². The Labute approximate surface area is 100 Å². The van der Waals surface area contributed by atoms with Crippen LogP contribution in [0.3, 0.4) is 0 Å². The van der Waals surface area contributed by atoms with Gasteiger partial charge in [-0.3, -0.25) is 0 Å². The SMILES string of the molecule is CC(O)CCCCN(C)CC1CCCN1C. The summed E-state index contributed by atoms with van der Waals surface area (Å²) in [4.78, 5) is 4.92. The minimum atomic E-state index is -0.133. The highest BCUT2D eigenvalue weighted by Gasteiger charge is 2.21. The van der Waals surface area contributed by atoms with E-state index in [2.05, 4.69) is 23.9 Å². The van der Waals surface area contributed by atoms with E-state index in [1.54, 1.807) is 0 Å². The van der Waals surface area contributed by atoms with Crippen LogP contribution in [-0.2, 0) is 0 Å². The van der Waals surface area contributed by atoms with Gasteiger partial charge in [0.05, 0.1) is 6.10 Å². The Bertz CT molecular complexity index is 185. The highest BCUT2D eigenvalue weighted by Crippen LogP contribution is 2.15. The molecule has 1 aliphatic rings. The molecule has 0 bridgehead atoms. The molecule has 96 valence electrons. The zero-order valence-electron chi connectivity index (χ0n) is 11.2. The predicted molar refractivity (Wildman–Crippen MR) is 68.7 cm³/mol. The second-order valence-electron chi connectivity index (χ2n) is 5.38. The zero-order chi connectivity index (χ0) is 12.0. The Hall–Kier alpha value is -0.120. The van der Waals surface area contributed by atoms with Crippen LogP contribution < -0.4 is 0 Å². The topological polar surface area (TPSA) is 26.7 Å². The fraction of sp³-hybridized carbons (Fsp3) is 1.00. The van der Waals surface area contributed by atoms with Crippen molar-refractivity contribution in [2.24, 2.45) is 0 Å². The smallest absolute Gasteiger partial charge is 0.0512 e. The third-order valence-electron chi connectivity index (χ3n) is 3.61. The van der Waals surface area contributed by atoms with Crippen molar-refractivity contribution in [3.05, 3.63) is 0 Å². The van der Waals surface area contributed by atoms with Crippen molar-refractivity contribution in [3.8, 4) is 0 Å². The van der Waals surface area contributed by atoms with Crippen LogP contribution in [0.2, 0.25) is 0 Å². The molecule has 2 unspecified atom stereocenters. The minimum absolute atomic E-state index is 0.133. The maximum atomic E-state index is 9.16. The van der Waals surface area contributed by atoms with Crippen molar-refractivity contribution in [2.75, 3.05) is 33.7 Å². The summed E-state index contributed by atoms with van der Waals surface area (Å²) in [5.74, 6) is 0. The molecule has 1 rings (SSSR count). The lowest BCUT2D eigenvalue weighted by Crippen LogP contribution is -2.37. The Morgan fingerprint density at radius 3 is 2.75 bits per heavy atom.